The minimum Gasteiger partial charge on any atom is -0.204 e. The Kier molecular flexibility index (Phi) is 8.35. The molecule has 0 radical (unpaired) electrons. The SMILES string of the molecule is CCCCC1CCC(C2CC=C(c3ccc(-c4ccc(-c5cccc(F)c5F)cc4)c(F)c3F)CC2)CC1. The number of hydrogen-bond acceptors (Lipinski definition) is 0. The van der Waals surface area contributed by atoms with Gasteiger partial charge in [0, 0.05) is 16.7 Å². The van der Waals surface area contributed by atoms with Crippen LogP contribution in [0.2, 0.25) is 0 Å². The Hall–Kier alpha value is -2.88. The largest absolute Gasteiger partial charge is 0.204 e. The van der Waals surface area contributed by atoms with Crippen molar-refractivity contribution < 1.29 is 17.6 Å². The van der Waals surface area contributed by atoms with E-state index in [0.29, 0.717) is 22.6 Å². The average Bonchev–Trinajstić information content (AvgIpc) is 2.95. The molecule has 0 heterocycles. The van der Waals surface area contributed by atoms with Crippen molar-refractivity contribution in [2.24, 2.45) is 17.8 Å². The molecule has 3 aromatic rings. The molecule has 0 N–H and O–H groups in total. The summed E-state index contributed by atoms with van der Waals surface area (Å²) in [5, 5.41) is 0. The maximum Gasteiger partial charge on any atom is 0.167 e. The number of allylic oxidation sites excluding steroid dienone is 2. The Bertz CT molecular complexity index is 1280. The van der Waals surface area contributed by atoms with E-state index in [4.69, 9.17) is 0 Å². The molecule has 2 aliphatic carbocycles. The molecule has 38 heavy (non-hydrogen) atoms. The molecule has 0 saturated heterocycles. The van der Waals surface area contributed by atoms with Gasteiger partial charge in [0.2, 0.25) is 0 Å². The fraction of sp³-hybridized carbons (Fsp3) is 0.412. The molecule has 5 rings (SSSR count). The average molecular weight is 521 g/mol. The van der Waals surface area contributed by atoms with Crippen LogP contribution in [0.15, 0.2) is 60.7 Å². The number of unbranched alkanes of at least 4 members (excludes halogenated alkanes) is 1. The molecule has 0 aliphatic heterocycles. The molecule has 200 valence electrons. The van der Waals surface area contributed by atoms with Gasteiger partial charge in [-0.05, 0) is 72.6 Å². The minimum absolute atomic E-state index is 0.130. The Morgan fingerprint density at radius 2 is 1.29 bits per heavy atom. The molecule has 2 aliphatic rings. The maximum atomic E-state index is 15.3. The van der Waals surface area contributed by atoms with Gasteiger partial charge in [0.25, 0.3) is 0 Å². The van der Waals surface area contributed by atoms with E-state index in [1.54, 1.807) is 36.4 Å². The van der Waals surface area contributed by atoms with Crippen molar-refractivity contribution in [3.8, 4) is 22.3 Å². The van der Waals surface area contributed by atoms with Gasteiger partial charge in [-0.25, -0.2) is 17.6 Å². The van der Waals surface area contributed by atoms with Crippen LogP contribution < -0.4 is 0 Å². The van der Waals surface area contributed by atoms with Crippen molar-refractivity contribution in [2.75, 3.05) is 0 Å². The number of benzene rings is 3. The third-order valence-corrected chi connectivity index (χ3v) is 8.86. The van der Waals surface area contributed by atoms with E-state index < -0.39 is 23.3 Å². The molecule has 4 heteroatoms. The van der Waals surface area contributed by atoms with Crippen LogP contribution in [0.4, 0.5) is 17.6 Å². The summed E-state index contributed by atoms with van der Waals surface area (Å²) >= 11 is 0. The van der Waals surface area contributed by atoms with Crippen LogP contribution in [0.25, 0.3) is 27.8 Å². The lowest BCUT2D eigenvalue weighted by Gasteiger charge is -2.35. The molecule has 3 aromatic carbocycles. The molecule has 0 nitrogen and oxygen atoms in total. The van der Waals surface area contributed by atoms with Gasteiger partial charge in [-0.2, -0.15) is 0 Å². The highest BCUT2D eigenvalue weighted by Gasteiger charge is 2.29. The standard InChI is InChI=1S/C34H36F4/c1-2-3-5-22-8-10-23(11-9-22)24-12-14-26(15-13-24)29-20-21-30(34(38)33(29)37)27-18-16-25(17-19-27)28-6-4-7-31(35)32(28)36/h4,6-7,14,16-24H,2-3,5,8-13,15H2,1H3. The van der Waals surface area contributed by atoms with Gasteiger partial charge in [-0.1, -0.05) is 93.6 Å². The van der Waals surface area contributed by atoms with Crippen LogP contribution in [0.3, 0.4) is 0 Å². The van der Waals surface area contributed by atoms with Gasteiger partial charge < -0.3 is 0 Å². The summed E-state index contributed by atoms with van der Waals surface area (Å²) in [5.41, 5.74) is 2.50. The van der Waals surface area contributed by atoms with E-state index >= 15 is 8.78 Å². The first-order chi connectivity index (χ1) is 18.5. The molecule has 1 fully saturated rings. The molecule has 0 amide bonds. The van der Waals surface area contributed by atoms with Gasteiger partial charge in [0.15, 0.2) is 23.3 Å². The lowest BCUT2D eigenvalue weighted by atomic mass is 9.70. The second kappa shape index (κ2) is 11.9. The fourth-order valence-corrected chi connectivity index (χ4v) is 6.54. The summed E-state index contributed by atoms with van der Waals surface area (Å²) in [5.74, 6) is -1.23. The Morgan fingerprint density at radius 1 is 0.658 bits per heavy atom. The monoisotopic (exact) mass is 520 g/mol. The third kappa shape index (κ3) is 5.60. The second-order valence-electron chi connectivity index (χ2n) is 11.2. The molecule has 1 atom stereocenters. The molecule has 0 spiro atoms. The highest BCUT2D eigenvalue weighted by Crippen LogP contribution is 2.43. The predicted molar refractivity (Wildman–Crippen MR) is 147 cm³/mol. The van der Waals surface area contributed by atoms with Crippen molar-refractivity contribution in [1.82, 2.24) is 0 Å². The second-order valence-corrected chi connectivity index (χ2v) is 11.2. The number of hydrogen-bond donors (Lipinski definition) is 0. The summed E-state index contributed by atoms with van der Waals surface area (Å²) in [6.07, 6.45) is 14.2. The maximum absolute atomic E-state index is 15.3. The summed E-state index contributed by atoms with van der Waals surface area (Å²) < 4.78 is 58.2. The minimum atomic E-state index is -0.926. The summed E-state index contributed by atoms with van der Waals surface area (Å²) in [4.78, 5) is 0. The topological polar surface area (TPSA) is 0 Å². The summed E-state index contributed by atoms with van der Waals surface area (Å²) in [6, 6.07) is 13.7. The lowest BCUT2D eigenvalue weighted by Crippen LogP contribution is -2.23. The third-order valence-electron chi connectivity index (χ3n) is 8.86. The van der Waals surface area contributed by atoms with Gasteiger partial charge in [0.1, 0.15) is 0 Å². The van der Waals surface area contributed by atoms with E-state index in [1.807, 2.05) is 0 Å². The Balaban J connectivity index is 1.27. The van der Waals surface area contributed by atoms with Crippen molar-refractivity contribution in [1.29, 1.82) is 0 Å². The van der Waals surface area contributed by atoms with Crippen LogP contribution in [0, 0.1) is 41.0 Å². The Labute approximate surface area is 223 Å². The molecule has 1 saturated carbocycles. The first-order valence-electron chi connectivity index (χ1n) is 14.2. The van der Waals surface area contributed by atoms with Crippen molar-refractivity contribution >= 4 is 5.57 Å². The normalized spacial score (nSPS) is 21.8. The number of rotatable bonds is 7. The van der Waals surface area contributed by atoms with Crippen molar-refractivity contribution in [2.45, 2.75) is 71.1 Å². The molecule has 1 unspecified atom stereocenters. The summed E-state index contributed by atoms with van der Waals surface area (Å²) in [7, 11) is 0. The summed E-state index contributed by atoms with van der Waals surface area (Å²) in [6.45, 7) is 2.26. The highest BCUT2D eigenvalue weighted by molar-refractivity contribution is 5.74. The van der Waals surface area contributed by atoms with E-state index in [-0.39, 0.29) is 11.1 Å². The molecular weight excluding hydrogens is 484 g/mol. The number of halogens is 4. The highest BCUT2D eigenvalue weighted by atomic mass is 19.2. The lowest BCUT2D eigenvalue weighted by molar-refractivity contribution is 0.188. The quantitative estimate of drug-likeness (QED) is 0.272. The van der Waals surface area contributed by atoms with Gasteiger partial charge in [0.05, 0.1) is 0 Å². The van der Waals surface area contributed by atoms with Gasteiger partial charge in [-0.3, -0.25) is 0 Å². The van der Waals surface area contributed by atoms with Crippen LogP contribution in [-0.4, -0.2) is 0 Å². The van der Waals surface area contributed by atoms with Gasteiger partial charge in [-0.15, -0.1) is 0 Å². The molecular formula is C34H36F4. The first-order valence-corrected chi connectivity index (χ1v) is 14.2. The zero-order chi connectivity index (χ0) is 26.6. The van der Waals surface area contributed by atoms with Crippen molar-refractivity contribution in [3.63, 3.8) is 0 Å². The van der Waals surface area contributed by atoms with E-state index in [9.17, 15) is 8.78 Å². The van der Waals surface area contributed by atoms with Gasteiger partial charge >= 0.3 is 0 Å². The molecule has 0 bridgehead atoms. The first kappa shape index (κ1) is 26.7. The van der Waals surface area contributed by atoms with E-state index in [2.05, 4.69) is 13.0 Å². The van der Waals surface area contributed by atoms with Crippen LogP contribution in [0.5, 0.6) is 0 Å². The van der Waals surface area contributed by atoms with Crippen LogP contribution >= 0.6 is 0 Å². The smallest absolute Gasteiger partial charge is 0.167 e. The molecule has 0 aromatic heterocycles. The van der Waals surface area contributed by atoms with E-state index in [1.165, 1.54) is 57.1 Å². The fourth-order valence-electron chi connectivity index (χ4n) is 6.54. The Morgan fingerprint density at radius 3 is 1.92 bits per heavy atom. The zero-order valence-corrected chi connectivity index (χ0v) is 22.1. The predicted octanol–water partition coefficient (Wildman–Crippen LogP) is 10.8. The van der Waals surface area contributed by atoms with Crippen LogP contribution in [-0.2, 0) is 0 Å². The van der Waals surface area contributed by atoms with Crippen LogP contribution in [0.1, 0.15) is 76.7 Å². The zero-order valence-electron chi connectivity index (χ0n) is 22.1. The van der Waals surface area contributed by atoms with E-state index in [0.717, 1.165) is 42.7 Å². The van der Waals surface area contributed by atoms with Crippen molar-refractivity contribution in [3.05, 3.63) is 89.5 Å².